The maximum Gasteiger partial charge on any atom is 0.470 e. The first-order valence-electron chi connectivity index (χ1n) is 8.67. The van der Waals surface area contributed by atoms with E-state index in [0.717, 1.165) is 31.7 Å². The van der Waals surface area contributed by atoms with E-state index in [2.05, 4.69) is 30.0 Å². The summed E-state index contributed by atoms with van der Waals surface area (Å²) in [5.74, 6) is -0.329. The van der Waals surface area contributed by atoms with Gasteiger partial charge in [0.1, 0.15) is 12.1 Å². The summed E-state index contributed by atoms with van der Waals surface area (Å²) in [6.45, 7) is 1.78. The maximum absolute atomic E-state index is 12.5. The number of aromatic nitrogens is 4. The number of halogens is 3. The average Bonchev–Trinajstić information content (AvgIpc) is 3.33. The Balaban J connectivity index is 1.36. The average molecular weight is 368 g/mol. The second kappa shape index (κ2) is 6.82. The zero-order valence-electron chi connectivity index (χ0n) is 14.1. The van der Waals surface area contributed by atoms with Crippen molar-refractivity contribution in [3.8, 4) is 0 Å². The van der Waals surface area contributed by atoms with Crippen molar-refractivity contribution in [1.29, 1.82) is 0 Å². The minimum atomic E-state index is -4.60. The second-order valence-corrected chi connectivity index (χ2v) is 6.71. The van der Waals surface area contributed by atoms with Crippen molar-refractivity contribution >= 4 is 5.82 Å². The molecule has 0 radical (unpaired) electrons. The van der Waals surface area contributed by atoms with Crippen molar-refractivity contribution in [2.45, 2.75) is 50.5 Å². The van der Waals surface area contributed by atoms with Crippen LogP contribution in [0, 0.1) is 0 Å². The molecule has 1 aliphatic carbocycles. The molecule has 26 heavy (non-hydrogen) atoms. The topological polar surface area (TPSA) is 71.2 Å². The van der Waals surface area contributed by atoms with Gasteiger partial charge in [-0.3, -0.25) is 4.90 Å². The van der Waals surface area contributed by atoms with Crippen LogP contribution >= 0.6 is 0 Å². The molecule has 4 rings (SSSR count). The van der Waals surface area contributed by atoms with E-state index in [-0.39, 0.29) is 12.4 Å². The fourth-order valence-corrected chi connectivity index (χ4v) is 3.44. The number of nitrogens with zero attached hydrogens (tertiary/aromatic N) is 6. The van der Waals surface area contributed by atoms with Gasteiger partial charge in [0.15, 0.2) is 0 Å². The quantitative estimate of drug-likeness (QED) is 0.803. The van der Waals surface area contributed by atoms with Crippen LogP contribution in [-0.2, 0) is 12.7 Å². The fourth-order valence-electron chi connectivity index (χ4n) is 3.44. The third-order valence-electron chi connectivity index (χ3n) is 4.79. The number of likely N-dealkylation sites (tertiary alicyclic amines) is 1. The van der Waals surface area contributed by atoms with Gasteiger partial charge in [0.25, 0.3) is 0 Å². The Hall–Kier alpha value is -2.23. The number of alkyl halides is 3. The fraction of sp³-hybridized carbons (Fsp3) is 0.625. The largest absolute Gasteiger partial charge is 0.470 e. The molecule has 140 valence electrons. The molecule has 0 bridgehead atoms. The number of rotatable bonds is 5. The molecule has 0 spiro atoms. The molecule has 3 heterocycles. The molecule has 0 aromatic carbocycles. The van der Waals surface area contributed by atoms with Gasteiger partial charge in [0, 0.05) is 31.4 Å². The van der Waals surface area contributed by atoms with Crippen LogP contribution < -0.4 is 4.90 Å². The third-order valence-corrected chi connectivity index (χ3v) is 4.79. The summed E-state index contributed by atoms with van der Waals surface area (Å²) in [6.07, 6.45) is 2.90. The third kappa shape index (κ3) is 3.79. The minimum Gasteiger partial charge on any atom is -0.416 e. The molecule has 0 atom stereocenters. The zero-order chi connectivity index (χ0) is 18.1. The summed E-state index contributed by atoms with van der Waals surface area (Å²) in [5.41, 5.74) is 0. The van der Waals surface area contributed by atoms with Crippen molar-refractivity contribution in [3.63, 3.8) is 0 Å². The molecule has 1 saturated carbocycles. The van der Waals surface area contributed by atoms with Crippen molar-refractivity contribution in [3.05, 3.63) is 30.4 Å². The Morgan fingerprint density at radius 1 is 1.12 bits per heavy atom. The van der Waals surface area contributed by atoms with Gasteiger partial charge >= 0.3 is 12.1 Å². The Kier molecular flexibility index (Phi) is 4.51. The molecule has 1 saturated heterocycles. The molecule has 2 aromatic heterocycles. The van der Waals surface area contributed by atoms with E-state index < -0.39 is 12.1 Å². The number of piperidine rings is 1. The van der Waals surface area contributed by atoms with Gasteiger partial charge in [-0.05, 0) is 31.7 Å². The smallest absolute Gasteiger partial charge is 0.416 e. The highest BCUT2D eigenvalue weighted by atomic mass is 19.4. The molecule has 0 amide bonds. The van der Waals surface area contributed by atoms with Crippen LogP contribution in [-0.4, -0.2) is 50.2 Å². The van der Waals surface area contributed by atoms with Crippen molar-refractivity contribution in [2.24, 2.45) is 0 Å². The van der Waals surface area contributed by atoms with E-state index in [0.29, 0.717) is 12.1 Å². The molecule has 0 unspecified atom stereocenters. The molecule has 10 heteroatoms. The van der Waals surface area contributed by atoms with Crippen LogP contribution in [0.15, 0.2) is 23.0 Å². The van der Waals surface area contributed by atoms with E-state index in [1.807, 2.05) is 6.07 Å². The minimum absolute atomic E-state index is 0.00521. The van der Waals surface area contributed by atoms with Gasteiger partial charge in [0.2, 0.25) is 5.89 Å². The Morgan fingerprint density at radius 3 is 2.42 bits per heavy atom. The lowest BCUT2D eigenvalue weighted by molar-refractivity contribution is -0.157. The van der Waals surface area contributed by atoms with Crippen LogP contribution in [0.25, 0.3) is 0 Å². The number of hydrogen-bond acceptors (Lipinski definition) is 7. The standard InChI is InChI=1S/C16H19F3N6O/c17-16(18,19)15-23-22-14(26-15)9-24-7-4-12(5-8-24)25(11-1-2-11)13-3-6-20-10-21-13/h3,6,10-12H,1-2,4-5,7-9H2. The van der Waals surface area contributed by atoms with Gasteiger partial charge in [-0.2, -0.15) is 13.2 Å². The van der Waals surface area contributed by atoms with Crippen LogP contribution in [0.1, 0.15) is 37.5 Å². The lowest BCUT2D eigenvalue weighted by Gasteiger charge is -2.39. The zero-order valence-corrected chi connectivity index (χ0v) is 14.1. The van der Waals surface area contributed by atoms with E-state index >= 15 is 0 Å². The van der Waals surface area contributed by atoms with Crippen molar-refractivity contribution in [1.82, 2.24) is 25.1 Å². The molecular weight excluding hydrogens is 349 g/mol. The van der Waals surface area contributed by atoms with Crippen molar-refractivity contribution < 1.29 is 17.6 Å². The van der Waals surface area contributed by atoms with E-state index in [4.69, 9.17) is 4.42 Å². The Morgan fingerprint density at radius 2 is 1.85 bits per heavy atom. The van der Waals surface area contributed by atoms with E-state index in [9.17, 15) is 13.2 Å². The van der Waals surface area contributed by atoms with Crippen LogP contribution in [0.2, 0.25) is 0 Å². The summed E-state index contributed by atoms with van der Waals surface area (Å²) in [6, 6.07) is 2.84. The molecule has 0 N–H and O–H groups in total. The summed E-state index contributed by atoms with van der Waals surface area (Å²) in [5, 5.41) is 6.59. The van der Waals surface area contributed by atoms with Crippen LogP contribution in [0.4, 0.5) is 19.0 Å². The molecule has 7 nitrogen and oxygen atoms in total. The summed E-state index contributed by atoms with van der Waals surface area (Å²) in [4.78, 5) is 12.8. The maximum atomic E-state index is 12.5. The normalized spacial score (nSPS) is 19.7. The second-order valence-electron chi connectivity index (χ2n) is 6.71. The predicted octanol–water partition coefficient (Wildman–Crippen LogP) is 2.51. The summed E-state index contributed by atoms with van der Waals surface area (Å²) >= 11 is 0. The first-order chi connectivity index (χ1) is 12.5. The van der Waals surface area contributed by atoms with E-state index in [1.54, 1.807) is 12.5 Å². The number of hydrogen-bond donors (Lipinski definition) is 0. The van der Waals surface area contributed by atoms with Crippen molar-refractivity contribution in [2.75, 3.05) is 18.0 Å². The number of anilines is 1. The highest BCUT2D eigenvalue weighted by molar-refractivity contribution is 5.41. The highest BCUT2D eigenvalue weighted by Gasteiger charge is 2.39. The van der Waals surface area contributed by atoms with Gasteiger partial charge in [-0.1, -0.05) is 0 Å². The lowest BCUT2D eigenvalue weighted by Crippen LogP contribution is -2.46. The predicted molar refractivity (Wildman–Crippen MR) is 85.1 cm³/mol. The molecule has 2 fully saturated rings. The summed E-state index contributed by atoms with van der Waals surface area (Å²) < 4.78 is 42.3. The molecular formula is C16H19F3N6O. The first-order valence-corrected chi connectivity index (χ1v) is 8.67. The summed E-state index contributed by atoms with van der Waals surface area (Å²) in [7, 11) is 0. The first kappa shape index (κ1) is 17.2. The Labute approximate surface area is 148 Å². The lowest BCUT2D eigenvalue weighted by atomic mass is 10.0. The SMILES string of the molecule is FC(F)(F)c1nnc(CN2CCC(N(c3ccncn3)C3CC3)CC2)o1. The van der Waals surface area contributed by atoms with Gasteiger partial charge in [-0.15, -0.1) is 10.2 Å². The van der Waals surface area contributed by atoms with Gasteiger partial charge in [0.05, 0.1) is 6.54 Å². The molecule has 2 aliphatic rings. The van der Waals surface area contributed by atoms with Gasteiger partial charge < -0.3 is 9.32 Å². The van der Waals surface area contributed by atoms with Gasteiger partial charge in [-0.25, -0.2) is 9.97 Å². The van der Waals surface area contributed by atoms with E-state index in [1.165, 1.54) is 12.8 Å². The molecule has 2 aromatic rings. The highest BCUT2D eigenvalue weighted by Crippen LogP contribution is 2.35. The monoisotopic (exact) mass is 368 g/mol. The molecule has 1 aliphatic heterocycles. The van der Waals surface area contributed by atoms with Crippen LogP contribution in [0.5, 0.6) is 0 Å². The Bertz CT molecular complexity index is 725. The van der Waals surface area contributed by atoms with Crippen LogP contribution in [0.3, 0.4) is 0 Å².